The summed E-state index contributed by atoms with van der Waals surface area (Å²) >= 11 is 0. The number of hydrogen-bond acceptors (Lipinski definition) is 3. The molecule has 1 unspecified atom stereocenters. The molecule has 2 aliphatic rings. The van der Waals surface area contributed by atoms with Crippen LogP contribution in [0, 0.1) is 5.41 Å². The molecule has 1 amide bonds. The molecule has 2 rings (SSSR count). The molecule has 1 spiro atoms. The number of nitrogens with one attached hydrogen (secondary N) is 1. The summed E-state index contributed by atoms with van der Waals surface area (Å²) in [4.78, 5) is 11.6. The molecule has 0 aromatic heterocycles. The van der Waals surface area contributed by atoms with Gasteiger partial charge >= 0.3 is 6.09 Å². The van der Waals surface area contributed by atoms with Gasteiger partial charge in [-0.15, -0.1) is 0 Å². The van der Waals surface area contributed by atoms with Crippen molar-refractivity contribution in [2.45, 2.75) is 64.1 Å². The van der Waals surface area contributed by atoms with E-state index in [1.54, 1.807) is 0 Å². The van der Waals surface area contributed by atoms with Crippen molar-refractivity contribution >= 4 is 6.09 Å². The summed E-state index contributed by atoms with van der Waals surface area (Å²) in [7, 11) is 0. The number of alkyl carbamates (subject to hydrolysis) is 1. The van der Waals surface area contributed by atoms with E-state index in [0.29, 0.717) is 11.5 Å². The number of rotatable bonds is 1. The van der Waals surface area contributed by atoms with Crippen LogP contribution in [-0.2, 0) is 4.74 Å². The molecule has 0 heterocycles. The van der Waals surface area contributed by atoms with Crippen LogP contribution in [0.3, 0.4) is 0 Å². The van der Waals surface area contributed by atoms with E-state index in [0.717, 1.165) is 19.3 Å². The average molecular weight is 226 g/mol. The first-order valence-corrected chi connectivity index (χ1v) is 6.06. The van der Waals surface area contributed by atoms with Gasteiger partial charge in [0.1, 0.15) is 5.60 Å². The molecule has 4 heteroatoms. The lowest BCUT2D eigenvalue weighted by molar-refractivity contribution is -0.0375. The molecular formula is C12H22N2O2. The summed E-state index contributed by atoms with van der Waals surface area (Å²) in [5.74, 6) is 0. The van der Waals surface area contributed by atoms with Gasteiger partial charge in [0.15, 0.2) is 0 Å². The van der Waals surface area contributed by atoms with E-state index in [2.05, 4.69) is 5.32 Å². The Hall–Kier alpha value is -0.770. The maximum atomic E-state index is 11.6. The van der Waals surface area contributed by atoms with E-state index in [1.165, 1.54) is 6.42 Å². The second-order valence-corrected chi connectivity index (χ2v) is 6.27. The molecule has 2 saturated carbocycles. The number of ether oxygens (including phenoxy) is 1. The van der Waals surface area contributed by atoms with E-state index < -0.39 is 5.60 Å². The Morgan fingerprint density at radius 1 is 1.44 bits per heavy atom. The van der Waals surface area contributed by atoms with Crippen molar-refractivity contribution in [3.8, 4) is 0 Å². The van der Waals surface area contributed by atoms with Crippen molar-refractivity contribution in [2.24, 2.45) is 11.1 Å². The van der Waals surface area contributed by atoms with Crippen LogP contribution < -0.4 is 11.1 Å². The molecule has 0 aromatic carbocycles. The highest BCUT2D eigenvalue weighted by Crippen LogP contribution is 2.55. The first kappa shape index (κ1) is 11.7. The molecule has 16 heavy (non-hydrogen) atoms. The van der Waals surface area contributed by atoms with Crippen LogP contribution in [0.4, 0.5) is 4.79 Å². The Morgan fingerprint density at radius 2 is 2.06 bits per heavy atom. The highest BCUT2D eigenvalue weighted by atomic mass is 16.6. The van der Waals surface area contributed by atoms with Crippen molar-refractivity contribution in [1.29, 1.82) is 0 Å². The Balaban J connectivity index is 1.80. The molecule has 2 fully saturated rings. The smallest absolute Gasteiger partial charge is 0.407 e. The lowest BCUT2D eigenvalue weighted by Gasteiger charge is -2.58. The zero-order chi connectivity index (χ0) is 12.0. The van der Waals surface area contributed by atoms with Gasteiger partial charge in [0, 0.05) is 12.1 Å². The Kier molecular flexibility index (Phi) is 2.65. The van der Waals surface area contributed by atoms with Crippen molar-refractivity contribution in [3.05, 3.63) is 0 Å². The van der Waals surface area contributed by atoms with Crippen molar-refractivity contribution in [2.75, 3.05) is 0 Å². The normalized spacial score (nSPS) is 37.5. The minimum Gasteiger partial charge on any atom is -0.444 e. The first-order valence-electron chi connectivity index (χ1n) is 6.06. The third-order valence-electron chi connectivity index (χ3n) is 3.70. The Bertz CT molecular complexity index is 290. The fourth-order valence-electron chi connectivity index (χ4n) is 2.85. The fourth-order valence-corrected chi connectivity index (χ4v) is 2.85. The fraction of sp³-hybridized carbons (Fsp3) is 0.917. The number of carbonyl (C=O) groups excluding carboxylic acids is 1. The highest BCUT2D eigenvalue weighted by molar-refractivity contribution is 5.68. The number of amides is 1. The van der Waals surface area contributed by atoms with Gasteiger partial charge in [-0.1, -0.05) is 0 Å². The van der Waals surface area contributed by atoms with Gasteiger partial charge < -0.3 is 15.8 Å². The quantitative estimate of drug-likeness (QED) is 0.716. The Labute approximate surface area is 96.9 Å². The second-order valence-electron chi connectivity index (χ2n) is 6.27. The van der Waals surface area contributed by atoms with Gasteiger partial charge in [-0.3, -0.25) is 0 Å². The molecule has 92 valence electrons. The Morgan fingerprint density at radius 3 is 2.44 bits per heavy atom. The van der Waals surface area contributed by atoms with Crippen LogP contribution in [0.2, 0.25) is 0 Å². The zero-order valence-electron chi connectivity index (χ0n) is 10.4. The van der Waals surface area contributed by atoms with Crippen LogP contribution in [0.1, 0.15) is 46.5 Å². The molecule has 0 bridgehead atoms. The van der Waals surface area contributed by atoms with Gasteiger partial charge in [-0.25, -0.2) is 4.79 Å². The van der Waals surface area contributed by atoms with Crippen LogP contribution in [0.5, 0.6) is 0 Å². The average Bonchev–Trinajstić information content (AvgIpc) is 2.04. The molecule has 3 N–H and O–H groups in total. The van der Waals surface area contributed by atoms with Crippen LogP contribution in [0.25, 0.3) is 0 Å². The number of hydrogen-bond donors (Lipinski definition) is 2. The predicted octanol–water partition coefficient (Wildman–Crippen LogP) is 1.78. The lowest BCUT2D eigenvalue weighted by Crippen LogP contribution is -2.64. The molecular weight excluding hydrogens is 204 g/mol. The minimum atomic E-state index is -0.420. The van der Waals surface area contributed by atoms with Gasteiger partial charge in [0.05, 0.1) is 0 Å². The third-order valence-corrected chi connectivity index (χ3v) is 3.70. The van der Waals surface area contributed by atoms with Gasteiger partial charge in [0.25, 0.3) is 0 Å². The largest absolute Gasteiger partial charge is 0.444 e. The molecule has 0 aromatic rings. The summed E-state index contributed by atoms with van der Waals surface area (Å²) in [6, 6.07) is 0.616. The van der Waals surface area contributed by atoms with Crippen molar-refractivity contribution in [3.63, 3.8) is 0 Å². The van der Waals surface area contributed by atoms with E-state index >= 15 is 0 Å². The maximum absolute atomic E-state index is 11.6. The molecule has 0 radical (unpaired) electrons. The maximum Gasteiger partial charge on any atom is 0.407 e. The topological polar surface area (TPSA) is 64.3 Å². The molecule has 4 nitrogen and oxygen atoms in total. The third kappa shape index (κ3) is 2.17. The summed E-state index contributed by atoms with van der Waals surface area (Å²) in [5.41, 5.74) is 5.70. The van der Waals surface area contributed by atoms with Crippen LogP contribution in [-0.4, -0.2) is 23.8 Å². The SMILES string of the molecule is CC(C)(C)OC(=O)NC1CCC12CC(N)C2. The molecule has 0 aliphatic heterocycles. The molecule has 1 atom stereocenters. The summed E-state index contributed by atoms with van der Waals surface area (Å²) in [6.07, 6.45) is 4.06. The van der Waals surface area contributed by atoms with E-state index in [9.17, 15) is 4.79 Å². The van der Waals surface area contributed by atoms with Crippen LogP contribution >= 0.6 is 0 Å². The molecule has 2 aliphatic carbocycles. The minimum absolute atomic E-state index is 0.280. The molecule has 0 saturated heterocycles. The predicted molar refractivity (Wildman–Crippen MR) is 62.0 cm³/mol. The zero-order valence-corrected chi connectivity index (χ0v) is 10.4. The van der Waals surface area contributed by atoms with Gasteiger partial charge in [-0.2, -0.15) is 0 Å². The lowest BCUT2D eigenvalue weighted by atomic mass is 9.51. The van der Waals surface area contributed by atoms with E-state index in [1.807, 2.05) is 20.8 Å². The van der Waals surface area contributed by atoms with Crippen molar-refractivity contribution in [1.82, 2.24) is 5.32 Å². The van der Waals surface area contributed by atoms with Crippen LogP contribution in [0.15, 0.2) is 0 Å². The van der Waals surface area contributed by atoms with E-state index in [4.69, 9.17) is 10.5 Å². The first-order chi connectivity index (χ1) is 7.31. The standard InChI is InChI=1S/C12H22N2O2/c1-11(2,3)16-10(15)14-9-4-5-12(9)6-8(13)7-12/h8-9H,4-7,13H2,1-3H3,(H,14,15). The van der Waals surface area contributed by atoms with Crippen molar-refractivity contribution < 1.29 is 9.53 Å². The summed E-state index contributed by atoms with van der Waals surface area (Å²) in [5, 5.41) is 2.97. The summed E-state index contributed by atoms with van der Waals surface area (Å²) in [6.45, 7) is 5.63. The number of carbonyl (C=O) groups is 1. The second kappa shape index (κ2) is 3.62. The summed E-state index contributed by atoms with van der Waals surface area (Å²) < 4.78 is 5.25. The monoisotopic (exact) mass is 226 g/mol. The number of nitrogens with two attached hydrogens (primary N) is 1. The van der Waals surface area contributed by atoms with Gasteiger partial charge in [0.2, 0.25) is 0 Å². The van der Waals surface area contributed by atoms with Gasteiger partial charge in [-0.05, 0) is 51.9 Å². The van der Waals surface area contributed by atoms with E-state index in [-0.39, 0.29) is 12.1 Å². The highest BCUT2D eigenvalue weighted by Gasteiger charge is 2.54.